The summed E-state index contributed by atoms with van der Waals surface area (Å²) >= 11 is 0. The highest BCUT2D eigenvalue weighted by molar-refractivity contribution is 7.89. The van der Waals surface area contributed by atoms with Crippen molar-refractivity contribution in [3.05, 3.63) is 35.9 Å². The molecule has 0 atom stereocenters. The molecule has 1 aliphatic rings. The highest BCUT2D eigenvalue weighted by atomic mass is 32.2. The molecule has 0 radical (unpaired) electrons. The molecular weight excluding hydrogens is 284 g/mol. The Balaban J connectivity index is 1.73. The van der Waals surface area contributed by atoms with Crippen LogP contribution in [0.2, 0.25) is 0 Å². The second-order valence-corrected chi connectivity index (χ2v) is 8.31. The van der Waals surface area contributed by atoms with E-state index in [2.05, 4.69) is 35.6 Å². The van der Waals surface area contributed by atoms with E-state index in [0.717, 1.165) is 12.8 Å². The summed E-state index contributed by atoms with van der Waals surface area (Å²) in [5.74, 6) is 0.841. The Hall–Kier alpha value is -0.910. The van der Waals surface area contributed by atoms with Crippen LogP contribution in [0.25, 0.3) is 0 Å². The van der Waals surface area contributed by atoms with Crippen LogP contribution in [0.15, 0.2) is 30.3 Å². The molecule has 21 heavy (non-hydrogen) atoms. The molecular formula is C16H26N2O2S. The quantitative estimate of drug-likeness (QED) is 0.876. The Labute approximate surface area is 128 Å². The fraction of sp³-hybridized carbons (Fsp3) is 0.625. The molecule has 1 aliphatic carbocycles. The standard InChI is InChI=1S/C16H26N2O2S/c1-18(2)21(19,20)13-12-17-16-10-8-15(9-11-16)14-6-4-3-5-7-14/h3-7,15-17H,8-13H2,1-2H3. The summed E-state index contributed by atoms with van der Waals surface area (Å²) < 4.78 is 24.7. The lowest BCUT2D eigenvalue weighted by Crippen LogP contribution is -2.38. The van der Waals surface area contributed by atoms with Crippen molar-refractivity contribution in [2.24, 2.45) is 0 Å². The molecule has 1 fully saturated rings. The second-order valence-electron chi connectivity index (χ2n) is 6.01. The highest BCUT2D eigenvalue weighted by Gasteiger charge is 2.22. The normalized spacial score (nSPS) is 23.4. The summed E-state index contributed by atoms with van der Waals surface area (Å²) in [5, 5.41) is 3.40. The fourth-order valence-corrected chi connectivity index (χ4v) is 3.67. The van der Waals surface area contributed by atoms with Gasteiger partial charge in [0.05, 0.1) is 5.75 Å². The first-order valence-corrected chi connectivity index (χ1v) is 9.28. The molecule has 1 aromatic rings. The molecule has 0 heterocycles. The number of sulfonamides is 1. The maximum Gasteiger partial charge on any atom is 0.214 e. The molecule has 5 heteroatoms. The van der Waals surface area contributed by atoms with Gasteiger partial charge in [-0.2, -0.15) is 0 Å². The average molecular weight is 310 g/mol. The maximum atomic E-state index is 11.7. The van der Waals surface area contributed by atoms with Crippen LogP contribution in [0, 0.1) is 0 Å². The van der Waals surface area contributed by atoms with Gasteiger partial charge >= 0.3 is 0 Å². The topological polar surface area (TPSA) is 49.4 Å². The fourth-order valence-electron chi connectivity index (χ4n) is 2.93. The van der Waals surface area contributed by atoms with Gasteiger partial charge < -0.3 is 5.32 Å². The lowest BCUT2D eigenvalue weighted by Gasteiger charge is -2.29. The van der Waals surface area contributed by atoms with Crippen LogP contribution in [-0.4, -0.2) is 45.2 Å². The van der Waals surface area contributed by atoms with Crippen molar-refractivity contribution in [1.82, 2.24) is 9.62 Å². The summed E-state index contributed by atoms with van der Waals surface area (Å²) in [4.78, 5) is 0. The van der Waals surface area contributed by atoms with Gasteiger partial charge in [0.15, 0.2) is 0 Å². The number of hydrogen-bond acceptors (Lipinski definition) is 3. The summed E-state index contributed by atoms with van der Waals surface area (Å²) in [5.41, 5.74) is 1.44. The first-order valence-electron chi connectivity index (χ1n) is 7.67. The molecule has 118 valence electrons. The molecule has 1 saturated carbocycles. The van der Waals surface area contributed by atoms with Crippen molar-refractivity contribution in [2.45, 2.75) is 37.6 Å². The summed E-state index contributed by atoms with van der Waals surface area (Å²) in [6.07, 6.45) is 4.62. The third kappa shape index (κ3) is 4.80. The Morgan fingerprint density at radius 2 is 1.71 bits per heavy atom. The lowest BCUT2D eigenvalue weighted by molar-refractivity contribution is 0.347. The van der Waals surface area contributed by atoms with Crippen molar-refractivity contribution in [2.75, 3.05) is 26.4 Å². The molecule has 0 bridgehead atoms. The van der Waals surface area contributed by atoms with Gasteiger partial charge in [0.25, 0.3) is 0 Å². The summed E-state index contributed by atoms with van der Waals surface area (Å²) in [6.45, 7) is 0.543. The first kappa shape index (κ1) is 16.5. The van der Waals surface area contributed by atoms with Crippen LogP contribution in [0.1, 0.15) is 37.2 Å². The van der Waals surface area contributed by atoms with Crippen molar-refractivity contribution in [1.29, 1.82) is 0 Å². The van der Waals surface area contributed by atoms with E-state index in [0.29, 0.717) is 18.5 Å². The van der Waals surface area contributed by atoms with Gasteiger partial charge in [0, 0.05) is 26.7 Å². The predicted octanol–water partition coefficient (Wildman–Crippen LogP) is 2.19. The van der Waals surface area contributed by atoms with E-state index >= 15 is 0 Å². The summed E-state index contributed by atoms with van der Waals surface area (Å²) in [6, 6.07) is 11.1. The van der Waals surface area contributed by atoms with Crippen LogP contribution in [0.4, 0.5) is 0 Å². The number of nitrogens with zero attached hydrogens (tertiary/aromatic N) is 1. The van der Waals surface area contributed by atoms with E-state index in [1.54, 1.807) is 14.1 Å². The minimum Gasteiger partial charge on any atom is -0.313 e. The third-order valence-corrected chi connectivity index (χ3v) is 6.18. The zero-order chi connectivity index (χ0) is 15.3. The SMILES string of the molecule is CN(C)S(=O)(=O)CCNC1CCC(c2ccccc2)CC1. The number of nitrogens with one attached hydrogen (secondary N) is 1. The van der Waals surface area contributed by atoms with Gasteiger partial charge in [-0.25, -0.2) is 12.7 Å². The Kier molecular flexibility index (Phi) is 5.79. The zero-order valence-corrected chi connectivity index (χ0v) is 13.8. The van der Waals surface area contributed by atoms with Crippen molar-refractivity contribution in [3.63, 3.8) is 0 Å². The number of benzene rings is 1. The lowest BCUT2D eigenvalue weighted by atomic mass is 9.82. The Bertz CT molecular complexity index is 520. The van der Waals surface area contributed by atoms with E-state index in [-0.39, 0.29) is 5.75 Å². The largest absolute Gasteiger partial charge is 0.313 e. The molecule has 0 spiro atoms. The summed E-state index contributed by atoms with van der Waals surface area (Å²) in [7, 11) is 0.0855. The minimum absolute atomic E-state index is 0.179. The number of hydrogen-bond donors (Lipinski definition) is 1. The Morgan fingerprint density at radius 1 is 1.10 bits per heavy atom. The zero-order valence-electron chi connectivity index (χ0n) is 13.0. The highest BCUT2D eigenvalue weighted by Crippen LogP contribution is 2.32. The van der Waals surface area contributed by atoms with E-state index in [1.807, 2.05) is 0 Å². The molecule has 1 N–H and O–H groups in total. The van der Waals surface area contributed by atoms with Gasteiger partial charge in [-0.05, 0) is 37.2 Å². The van der Waals surface area contributed by atoms with Crippen LogP contribution < -0.4 is 5.32 Å². The van der Waals surface area contributed by atoms with E-state index in [1.165, 1.54) is 22.7 Å². The van der Waals surface area contributed by atoms with Crippen molar-refractivity contribution >= 4 is 10.0 Å². The van der Waals surface area contributed by atoms with Gasteiger partial charge in [-0.1, -0.05) is 30.3 Å². The van der Waals surface area contributed by atoms with E-state index in [4.69, 9.17) is 0 Å². The van der Waals surface area contributed by atoms with Crippen LogP contribution in [-0.2, 0) is 10.0 Å². The van der Waals surface area contributed by atoms with E-state index < -0.39 is 10.0 Å². The molecule has 0 saturated heterocycles. The Morgan fingerprint density at radius 3 is 2.29 bits per heavy atom. The van der Waals surface area contributed by atoms with Crippen molar-refractivity contribution < 1.29 is 8.42 Å². The van der Waals surface area contributed by atoms with Gasteiger partial charge in [-0.15, -0.1) is 0 Å². The molecule has 4 nitrogen and oxygen atoms in total. The predicted molar refractivity (Wildman–Crippen MR) is 86.9 cm³/mol. The monoisotopic (exact) mass is 310 g/mol. The molecule has 2 rings (SSSR count). The maximum absolute atomic E-state index is 11.7. The molecule has 0 unspecified atom stereocenters. The van der Waals surface area contributed by atoms with Crippen molar-refractivity contribution in [3.8, 4) is 0 Å². The van der Waals surface area contributed by atoms with Gasteiger partial charge in [-0.3, -0.25) is 0 Å². The molecule has 1 aromatic carbocycles. The van der Waals surface area contributed by atoms with Gasteiger partial charge in [0.1, 0.15) is 0 Å². The van der Waals surface area contributed by atoms with Crippen LogP contribution in [0.3, 0.4) is 0 Å². The molecule has 0 amide bonds. The molecule has 0 aliphatic heterocycles. The first-order chi connectivity index (χ1) is 9.99. The third-order valence-electron chi connectivity index (χ3n) is 4.35. The van der Waals surface area contributed by atoms with Gasteiger partial charge in [0.2, 0.25) is 10.0 Å². The molecule has 0 aromatic heterocycles. The van der Waals surface area contributed by atoms with Crippen LogP contribution >= 0.6 is 0 Å². The average Bonchev–Trinajstić information content (AvgIpc) is 2.48. The van der Waals surface area contributed by atoms with E-state index in [9.17, 15) is 8.42 Å². The smallest absolute Gasteiger partial charge is 0.214 e. The number of rotatable bonds is 6. The van der Waals surface area contributed by atoms with Crippen LogP contribution in [0.5, 0.6) is 0 Å². The second kappa shape index (κ2) is 7.38. The minimum atomic E-state index is -3.08.